The Morgan fingerprint density at radius 1 is 0.875 bits per heavy atom. The van der Waals surface area contributed by atoms with Gasteiger partial charge in [-0.05, 0) is 44.0 Å². The van der Waals surface area contributed by atoms with Gasteiger partial charge in [0.05, 0.1) is 4.90 Å². The summed E-state index contributed by atoms with van der Waals surface area (Å²) in [6, 6.07) is 15.1. The van der Waals surface area contributed by atoms with E-state index in [4.69, 9.17) is 4.52 Å². The van der Waals surface area contributed by atoms with E-state index in [2.05, 4.69) is 41.9 Å². The maximum atomic E-state index is 10.3. The first-order valence-corrected chi connectivity index (χ1v) is 9.06. The van der Waals surface area contributed by atoms with E-state index in [1.165, 1.54) is 11.1 Å². The fourth-order valence-corrected chi connectivity index (χ4v) is 3.62. The number of anilines is 1. The van der Waals surface area contributed by atoms with Crippen LogP contribution in [0.5, 0.6) is 0 Å². The predicted octanol–water partition coefficient (Wildman–Crippen LogP) is 5.40. The predicted molar refractivity (Wildman–Crippen MR) is 97.3 cm³/mol. The maximum absolute atomic E-state index is 10.3. The zero-order valence-corrected chi connectivity index (χ0v) is 14.6. The monoisotopic (exact) mass is 344 g/mol. The lowest BCUT2D eigenvalue weighted by Gasteiger charge is -2.32. The Hall–Kier alpha value is -2.28. The van der Waals surface area contributed by atoms with E-state index in [9.17, 15) is 9.11 Å². The van der Waals surface area contributed by atoms with Gasteiger partial charge >= 0.3 is 0 Å². The van der Waals surface area contributed by atoms with Gasteiger partial charge in [0.1, 0.15) is 5.76 Å². The molecule has 0 atom stereocenters. The lowest BCUT2D eigenvalue weighted by molar-refractivity contribution is 0.399. The van der Waals surface area contributed by atoms with Crippen molar-refractivity contribution in [1.29, 1.82) is 0 Å². The highest BCUT2D eigenvalue weighted by molar-refractivity contribution is 8.25. The summed E-state index contributed by atoms with van der Waals surface area (Å²) in [6.07, 6.45) is 0. The van der Waals surface area contributed by atoms with Gasteiger partial charge in [0.2, 0.25) is 0 Å². The lowest BCUT2D eigenvalue weighted by Crippen LogP contribution is -2.09. The standard InChI is InChI=1S/C18H20N2O3S/c1-12-8-13(2)10-16(9-12)15-4-6-17(7-5-15)24(21,22)20-18-11-14(3)23-19-18/h4-11,21-22H,1-3H3,(H,19,20). The van der Waals surface area contributed by atoms with Gasteiger partial charge in [-0.1, -0.05) is 57.4 Å². The fourth-order valence-electron chi connectivity index (χ4n) is 2.60. The number of nitrogens with one attached hydrogen (secondary N) is 1. The topological polar surface area (TPSA) is 78.5 Å². The van der Waals surface area contributed by atoms with Crippen LogP contribution in [0.4, 0.5) is 5.82 Å². The Bertz CT molecular complexity index is 837. The zero-order chi connectivity index (χ0) is 17.3. The van der Waals surface area contributed by atoms with E-state index in [0.29, 0.717) is 16.5 Å². The van der Waals surface area contributed by atoms with Crippen molar-refractivity contribution in [2.75, 3.05) is 4.72 Å². The number of rotatable bonds is 4. The van der Waals surface area contributed by atoms with Crippen molar-refractivity contribution in [3.05, 3.63) is 65.4 Å². The number of nitrogens with zero attached hydrogens (tertiary/aromatic N) is 1. The minimum atomic E-state index is -3.19. The van der Waals surface area contributed by atoms with Gasteiger partial charge in [-0.25, -0.2) is 0 Å². The van der Waals surface area contributed by atoms with Crippen LogP contribution in [0, 0.1) is 20.8 Å². The molecule has 0 spiro atoms. The molecule has 0 aliphatic carbocycles. The minimum absolute atomic E-state index is 0.297. The van der Waals surface area contributed by atoms with E-state index in [-0.39, 0.29) is 0 Å². The molecule has 0 amide bonds. The average Bonchev–Trinajstić information content (AvgIpc) is 2.91. The maximum Gasteiger partial charge on any atom is 0.187 e. The second kappa shape index (κ2) is 6.32. The van der Waals surface area contributed by atoms with Gasteiger partial charge in [-0.2, -0.15) is 0 Å². The molecule has 1 aromatic heterocycles. The first-order valence-electron chi connectivity index (χ1n) is 7.51. The van der Waals surface area contributed by atoms with Crippen molar-refractivity contribution < 1.29 is 13.6 Å². The Balaban J connectivity index is 1.85. The molecule has 3 rings (SSSR count). The third kappa shape index (κ3) is 3.62. The molecule has 6 heteroatoms. The number of aryl methyl sites for hydroxylation is 3. The summed E-state index contributed by atoms with van der Waals surface area (Å²) in [5.74, 6) is 0.892. The van der Waals surface area contributed by atoms with E-state index < -0.39 is 10.8 Å². The van der Waals surface area contributed by atoms with Gasteiger partial charge in [-0.15, -0.1) is 0 Å². The molecular formula is C18H20N2O3S. The highest BCUT2D eigenvalue weighted by atomic mass is 32.3. The number of aromatic nitrogens is 1. The molecule has 0 radical (unpaired) electrons. The summed E-state index contributed by atoms with van der Waals surface area (Å²) >= 11 is 0. The summed E-state index contributed by atoms with van der Waals surface area (Å²) in [5.41, 5.74) is 4.52. The Morgan fingerprint density at radius 3 is 2.04 bits per heavy atom. The second-order valence-corrected chi connectivity index (χ2v) is 7.65. The van der Waals surface area contributed by atoms with Crippen molar-refractivity contribution in [2.45, 2.75) is 25.7 Å². The lowest BCUT2D eigenvalue weighted by atomic mass is 10.0. The van der Waals surface area contributed by atoms with E-state index >= 15 is 0 Å². The van der Waals surface area contributed by atoms with Crippen LogP contribution in [0.3, 0.4) is 0 Å². The fraction of sp³-hybridized carbons (Fsp3) is 0.167. The molecule has 3 N–H and O–H groups in total. The second-order valence-electron chi connectivity index (χ2n) is 5.87. The Labute approximate surface area is 142 Å². The first kappa shape index (κ1) is 16.6. The van der Waals surface area contributed by atoms with Gasteiger partial charge in [0.25, 0.3) is 0 Å². The van der Waals surface area contributed by atoms with Crippen LogP contribution in [-0.2, 0) is 0 Å². The van der Waals surface area contributed by atoms with Crippen LogP contribution in [0.1, 0.15) is 16.9 Å². The van der Waals surface area contributed by atoms with Crippen molar-refractivity contribution in [3.8, 4) is 11.1 Å². The normalized spacial score (nSPS) is 12.2. The molecule has 0 saturated carbocycles. The summed E-state index contributed by atoms with van der Waals surface area (Å²) in [5, 5.41) is 3.73. The minimum Gasteiger partial charge on any atom is -0.360 e. The SMILES string of the molecule is Cc1cc(C)cc(-c2ccc(S(O)(O)Nc3cc(C)on3)cc2)c1. The summed E-state index contributed by atoms with van der Waals surface area (Å²) in [6.45, 7) is 5.86. The van der Waals surface area contributed by atoms with Crippen molar-refractivity contribution in [2.24, 2.45) is 0 Å². The summed E-state index contributed by atoms with van der Waals surface area (Å²) < 4.78 is 28.2. The van der Waals surface area contributed by atoms with Crippen LogP contribution in [-0.4, -0.2) is 14.3 Å². The van der Waals surface area contributed by atoms with Gasteiger partial charge in [-0.3, -0.25) is 13.8 Å². The van der Waals surface area contributed by atoms with Crippen LogP contribution in [0.2, 0.25) is 0 Å². The van der Waals surface area contributed by atoms with E-state index in [1.54, 1.807) is 25.1 Å². The molecule has 126 valence electrons. The van der Waals surface area contributed by atoms with Crippen LogP contribution in [0.25, 0.3) is 11.1 Å². The highest BCUT2D eigenvalue weighted by Gasteiger charge is 2.17. The Kier molecular flexibility index (Phi) is 4.36. The van der Waals surface area contributed by atoms with E-state index in [1.807, 2.05) is 12.1 Å². The van der Waals surface area contributed by atoms with Crippen LogP contribution >= 0.6 is 10.8 Å². The summed E-state index contributed by atoms with van der Waals surface area (Å²) in [4.78, 5) is 0.399. The molecular weight excluding hydrogens is 324 g/mol. The van der Waals surface area contributed by atoms with Crippen molar-refractivity contribution in [3.63, 3.8) is 0 Å². The van der Waals surface area contributed by atoms with Gasteiger partial charge in [0.15, 0.2) is 5.82 Å². The largest absolute Gasteiger partial charge is 0.360 e. The van der Waals surface area contributed by atoms with Gasteiger partial charge < -0.3 is 4.52 Å². The quantitative estimate of drug-likeness (QED) is 0.590. The average molecular weight is 344 g/mol. The van der Waals surface area contributed by atoms with Crippen molar-refractivity contribution >= 4 is 16.6 Å². The number of benzene rings is 2. The molecule has 24 heavy (non-hydrogen) atoms. The zero-order valence-electron chi connectivity index (χ0n) is 13.8. The third-order valence-electron chi connectivity index (χ3n) is 3.61. The molecule has 0 aliphatic heterocycles. The smallest absolute Gasteiger partial charge is 0.187 e. The molecule has 2 aromatic carbocycles. The van der Waals surface area contributed by atoms with E-state index in [0.717, 1.165) is 11.1 Å². The molecule has 0 fully saturated rings. The van der Waals surface area contributed by atoms with Crippen LogP contribution in [0.15, 0.2) is 57.9 Å². The molecule has 0 aliphatic rings. The highest BCUT2D eigenvalue weighted by Crippen LogP contribution is 2.47. The number of hydrogen-bond acceptors (Lipinski definition) is 5. The third-order valence-corrected chi connectivity index (χ3v) is 5.04. The molecule has 1 heterocycles. The number of hydrogen-bond donors (Lipinski definition) is 3. The molecule has 3 aromatic rings. The van der Waals surface area contributed by atoms with Gasteiger partial charge in [0, 0.05) is 6.07 Å². The van der Waals surface area contributed by atoms with Crippen LogP contribution < -0.4 is 4.72 Å². The molecule has 5 nitrogen and oxygen atoms in total. The molecule has 0 bridgehead atoms. The molecule has 0 unspecified atom stereocenters. The summed E-state index contributed by atoms with van der Waals surface area (Å²) in [7, 11) is -3.19. The first-order chi connectivity index (χ1) is 11.3. The molecule has 0 saturated heterocycles. The van der Waals surface area contributed by atoms with Crippen molar-refractivity contribution in [1.82, 2.24) is 5.16 Å². The Morgan fingerprint density at radius 2 is 1.50 bits per heavy atom.